The summed E-state index contributed by atoms with van der Waals surface area (Å²) in [6.45, 7) is 3.99. The molecule has 2 aromatic rings. The van der Waals surface area contributed by atoms with Gasteiger partial charge in [-0.3, -0.25) is 4.99 Å². The topological polar surface area (TPSA) is 48.9 Å². The second-order valence-electron chi connectivity index (χ2n) is 6.72. The van der Waals surface area contributed by atoms with Gasteiger partial charge in [0.25, 0.3) is 0 Å². The highest BCUT2D eigenvalue weighted by Gasteiger charge is 2.09. The summed E-state index contributed by atoms with van der Waals surface area (Å²) in [5, 5.41) is 6.48. The van der Waals surface area contributed by atoms with Gasteiger partial charge in [-0.05, 0) is 44.3 Å². The van der Waals surface area contributed by atoms with Gasteiger partial charge in [-0.25, -0.2) is 4.39 Å². The Balaban J connectivity index is 0.00000392. The lowest BCUT2D eigenvalue weighted by Gasteiger charge is -2.18. The van der Waals surface area contributed by atoms with Gasteiger partial charge in [-0.15, -0.1) is 24.0 Å². The van der Waals surface area contributed by atoms with Gasteiger partial charge < -0.3 is 20.3 Å². The Morgan fingerprint density at radius 1 is 1.07 bits per heavy atom. The molecule has 0 fully saturated rings. The number of hydrogen-bond acceptors (Lipinski definition) is 3. The highest BCUT2D eigenvalue weighted by atomic mass is 127. The van der Waals surface area contributed by atoms with E-state index in [1.165, 1.54) is 17.2 Å². The van der Waals surface area contributed by atoms with Crippen molar-refractivity contribution in [1.82, 2.24) is 15.5 Å². The number of para-hydroxylation sites is 1. The third kappa shape index (κ3) is 8.43. The van der Waals surface area contributed by atoms with Crippen LogP contribution in [0.15, 0.2) is 53.5 Å². The number of nitrogens with zero attached hydrogens (tertiary/aromatic N) is 2. The summed E-state index contributed by atoms with van der Waals surface area (Å²) in [4.78, 5) is 6.36. The van der Waals surface area contributed by atoms with Crippen LogP contribution in [0.2, 0.25) is 0 Å². The largest absolute Gasteiger partial charge is 0.486 e. The first kappa shape index (κ1) is 24.2. The first-order chi connectivity index (χ1) is 13.0. The summed E-state index contributed by atoms with van der Waals surface area (Å²) in [6, 6.07) is 14.9. The summed E-state index contributed by atoms with van der Waals surface area (Å²) >= 11 is 0. The van der Waals surface area contributed by atoms with Gasteiger partial charge in [-0.1, -0.05) is 36.4 Å². The minimum absolute atomic E-state index is 0. The molecule has 28 heavy (non-hydrogen) atoms. The Labute approximate surface area is 184 Å². The van der Waals surface area contributed by atoms with Crippen LogP contribution in [0.5, 0.6) is 5.75 Å². The van der Waals surface area contributed by atoms with Crippen LogP contribution in [0.25, 0.3) is 0 Å². The molecule has 0 aliphatic carbocycles. The molecular weight excluding hydrogens is 470 g/mol. The second-order valence-corrected chi connectivity index (χ2v) is 6.72. The van der Waals surface area contributed by atoms with Gasteiger partial charge in [0.1, 0.15) is 6.10 Å². The molecule has 1 atom stereocenters. The van der Waals surface area contributed by atoms with E-state index in [0.717, 1.165) is 6.54 Å². The number of ether oxygens (including phenoxy) is 1. The third-order valence-electron chi connectivity index (χ3n) is 3.93. The Bertz CT molecular complexity index is 737. The zero-order chi connectivity index (χ0) is 19.6. The van der Waals surface area contributed by atoms with Crippen LogP contribution in [0, 0.1) is 5.82 Å². The van der Waals surface area contributed by atoms with Crippen LogP contribution in [-0.2, 0) is 13.1 Å². The maximum atomic E-state index is 13.6. The Hall–Kier alpha value is -1.87. The number of hydrogen-bond donors (Lipinski definition) is 2. The van der Waals surface area contributed by atoms with Gasteiger partial charge >= 0.3 is 0 Å². The lowest BCUT2D eigenvalue weighted by Crippen LogP contribution is -2.41. The molecule has 0 amide bonds. The second kappa shape index (κ2) is 12.6. The van der Waals surface area contributed by atoms with Crippen molar-refractivity contribution < 1.29 is 9.13 Å². The molecule has 0 bridgehead atoms. The molecule has 7 heteroatoms. The maximum Gasteiger partial charge on any atom is 0.191 e. The average molecular weight is 500 g/mol. The van der Waals surface area contributed by atoms with Gasteiger partial charge in [-0.2, -0.15) is 0 Å². The van der Waals surface area contributed by atoms with Crippen LogP contribution in [0.1, 0.15) is 18.1 Å². The van der Waals surface area contributed by atoms with Gasteiger partial charge in [0.05, 0.1) is 6.54 Å². The maximum absolute atomic E-state index is 13.6. The van der Waals surface area contributed by atoms with E-state index in [1.807, 2.05) is 6.92 Å². The molecule has 2 rings (SSSR count). The van der Waals surface area contributed by atoms with E-state index < -0.39 is 0 Å². The molecule has 0 saturated carbocycles. The minimum Gasteiger partial charge on any atom is -0.486 e. The van der Waals surface area contributed by atoms with Crippen molar-refractivity contribution in [2.24, 2.45) is 4.99 Å². The summed E-state index contributed by atoms with van der Waals surface area (Å²) in [7, 11) is 5.84. The van der Waals surface area contributed by atoms with Crippen molar-refractivity contribution in [3.63, 3.8) is 0 Å². The van der Waals surface area contributed by atoms with E-state index in [4.69, 9.17) is 4.74 Å². The van der Waals surface area contributed by atoms with E-state index in [0.29, 0.717) is 19.0 Å². The predicted octanol–water partition coefficient (Wildman–Crippen LogP) is 3.64. The van der Waals surface area contributed by atoms with Gasteiger partial charge in [0.15, 0.2) is 17.5 Å². The fourth-order valence-electron chi connectivity index (χ4n) is 2.57. The smallest absolute Gasteiger partial charge is 0.191 e. The van der Waals surface area contributed by atoms with Crippen molar-refractivity contribution in [2.45, 2.75) is 26.1 Å². The quantitative estimate of drug-likeness (QED) is 0.330. The van der Waals surface area contributed by atoms with E-state index in [-0.39, 0.29) is 41.6 Å². The summed E-state index contributed by atoms with van der Waals surface area (Å²) in [5.74, 6) is 0.577. The number of halogens is 2. The fraction of sp³-hybridized carbons (Fsp3) is 0.381. The third-order valence-corrected chi connectivity index (χ3v) is 3.93. The number of guanidine groups is 1. The van der Waals surface area contributed by atoms with Crippen LogP contribution >= 0.6 is 24.0 Å². The normalized spacial score (nSPS) is 12.3. The minimum atomic E-state index is -0.357. The molecule has 0 saturated heterocycles. The molecule has 2 N–H and O–H groups in total. The van der Waals surface area contributed by atoms with E-state index in [9.17, 15) is 4.39 Å². The first-order valence-electron chi connectivity index (χ1n) is 9.06. The van der Waals surface area contributed by atoms with Crippen LogP contribution in [0.4, 0.5) is 4.39 Å². The van der Waals surface area contributed by atoms with E-state index in [2.05, 4.69) is 58.9 Å². The Kier molecular flexibility index (Phi) is 10.8. The molecule has 1 unspecified atom stereocenters. The zero-order valence-electron chi connectivity index (χ0n) is 16.9. The van der Waals surface area contributed by atoms with Crippen LogP contribution < -0.4 is 15.4 Å². The van der Waals surface area contributed by atoms with E-state index >= 15 is 0 Å². The highest BCUT2D eigenvalue weighted by molar-refractivity contribution is 14.0. The van der Waals surface area contributed by atoms with Crippen LogP contribution in [0.3, 0.4) is 0 Å². The molecule has 0 spiro atoms. The van der Waals surface area contributed by atoms with Crippen molar-refractivity contribution in [2.75, 3.05) is 27.7 Å². The average Bonchev–Trinajstić information content (AvgIpc) is 2.64. The molecule has 5 nitrogen and oxygen atoms in total. The van der Waals surface area contributed by atoms with Crippen LogP contribution in [-0.4, -0.2) is 44.7 Å². The number of nitrogens with one attached hydrogen (secondary N) is 2. The first-order valence-corrected chi connectivity index (χ1v) is 9.06. The highest BCUT2D eigenvalue weighted by Crippen LogP contribution is 2.16. The molecule has 0 radical (unpaired) electrons. The summed E-state index contributed by atoms with van der Waals surface area (Å²) in [6.07, 6.45) is -0.203. The van der Waals surface area contributed by atoms with Gasteiger partial charge in [0, 0.05) is 20.1 Å². The Morgan fingerprint density at radius 2 is 1.71 bits per heavy atom. The molecule has 0 aliphatic rings. The molecule has 154 valence electrons. The van der Waals surface area contributed by atoms with Gasteiger partial charge in [0.2, 0.25) is 0 Å². The van der Waals surface area contributed by atoms with Crippen molar-refractivity contribution in [1.29, 1.82) is 0 Å². The summed E-state index contributed by atoms with van der Waals surface area (Å²) in [5.41, 5.74) is 2.46. The zero-order valence-corrected chi connectivity index (χ0v) is 19.2. The SMILES string of the molecule is CN=C(NCc1ccc(CN(C)C)cc1)NCC(C)Oc1ccccc1F.I. The monoisotopic (exact) mass is 500 g/mol. The standard InChI is InChI=1S/C21H29FN4O.HI/c1-16(27-20-8-6-5-7-19(20)22)13-24-21(23-2)25-14-17-9-11-18(12-10-17)15-26(3)4;/h5-12,16H,13-15H2,1-4H3,(H2,23,24,25);1H. The number of rotatable bonds is 8. The lowest BCUT2D eigenvalue weighted by atomic mass is 10.1. The number of benzene rings is 2. The van der Waals surface area contributed by atoms with Crippen molar-refractivity contribution >= 4 is 29.9 Å². The van der Waals surface area contributed by atoms with Crippen molar-refractivity contribution in [3.05, 3.63) is 65.5 Å². The fourth-order valence-corrected chi connectivity index (χ4v) is 2.57. The molecule has 0 aromatic heterocycles. The lowest BCUT2D eigenvalue weighted by molar-refractivity contribution is 0.214. The van der Waals surface area contributed by atoms with E-state index in [1.54, 1.807) is 25.2 Å². The molecule has 0 heterocycles. The van der Waals surface area contributed by atoms with Crippen molar-refractivity contribution in [3.8, 4) is 5.75 Å². The summed E-state index contributed by atoms with van der Waals surface area (Å²) < 4.78 is 19.3. The molecular formula is C21H30FIN4O. The Morgan fingerprint density at radius 3 is 2.32 bits per heavy atom. The number of aliphatic imine (C=N–C) groups is 1. The predicted molar refractivity (Wildman–Crippen MR) is 124 cm³/mol. The molecule has 0 aliphatic heterocycles. The molecule has 2 aromatic carbocycles.